The van der Waals surface area contributed by atoms with Crippen molar-refractivity contribution in [3.8, 4) is 0 Å². The van der Waals surface area contributed by atoms with Gasteiger partial charge in [-0.25, -0.2) is 9.37 Å². The average molecular weight is 242 g/mol. The van der Waals surface area contributed by atoms with Crippen LogP contribution >= 0.6 is 0 Å². The molecule has 1 aliphatic rings. The van der Waals surface area contributed by atoms with Crippen LogP contribution in [0.1, 0.15) is 23.2 Å². The van der Waals surface area contributed by atoms with Crippen molar-refractivity contribution < 1.29 is 18.3 Å². The highest BCUT2D eigenvalue weighted by molar-refractivity contribution is 5.94. The minimum Gasteiger partial charge on any atom is -0.381 e. The molecule has 92 valence electrons. The van der Waals surface area contributed by atoms with E-state index in [1.165, 1.54) is 0 Å². The van der Waals surface area contributed by atoms with Crippen LogP contribution in [0.3, 0.4) is 0 Å². The zero-order valence-corrected chi connectivity index (χ0v) is 9.24. The standard InChI is InChI=1S/C11H12F2N2O2/c1-17-7-4-6(5-7)15-11(16)8-2-3-14-10(13)9(8)12/h2-3,6-7H,4-5H2,1H3,(H,15,16). The lowest BCUT2D eigenvalue weighted by Gasteiger charge is -2.34. The lowest BCUT2D eigenvalue weighted by atomic mass is 9.89. The fourth-order valence-corrected chi connectivity index (χ4v) is 1.73. The average Bonchev–Trinajstić information content (AvgIpc) is 2.26. The Kier molecular flexibility index (Phi) is 3.33. The molecule has 1 fully saturated rings. The molecule has 1 aliphatic carbocycles. The van der Waals surface area contributed by atoms with Gasteiger partial charge >= 0.3 is 0 Å². The normalized spacial score (nSPS) is 23.0. The van der Waals surface area contributed by atoms with E-state index in [9.17, 15) is 13.6 Å². The maximum absolute atomic E-state index is 13.2. The van der Waals surface area contributed by atoms with Gasteiger partial charge in [0, 0.05) is 19.3 Å². The van der Waals surface area contributed by atoms with E-state index in [1.807, 2.05) is 0 Å². The molecule has 1 amide bonds. The molecule has 1 heterocycles. The smallest absolute Gasteiger partial charge is 0.254 e. The van der Waals surface area contributed by atoms with Crippen LogP contribution in [-0.4, -0.2) is 30.1 Å². The first-order valence-corrected chi connectivity index (χ1v) is 5.25. The van der Waals surface area contributed by atoms with E-state index >= 15 is 0 Å². The number of nitrogens with one attached hydrogen (secondary N) is 1. The van der Waals surface area contributed by atoms with Gasteiger partial charge in [0.05, 0.1) is 11.7 Å². The Hall–Kier alpha value is -1.56. The van der Waals surface area contributed by atoms with Crippen LogP contribution in [0.2, 0.25) is 0 Å². The quantitative estimate of drug-likeness (QED) is 0.812. The number of halogens is 2. The molecule has 0 radical (unpaired) electrons. The number of pyridine rings is 1. The van der Waals surface area contributed by atoms with Crippen LogP contribution in [0, 0.1) is 11.8 Å². The van der Waals surface area contributed by atoms with Crippen molar-refractivity contribution >= 4 is 5.91 Å². The molecule has 0 saturated heterocycles. The lowest BCUT2D eigenvalue weighted by Crippen LogP contribution is -2.47. The van der Waals surface area contributed by atoms with E-state index in [2.05, 4.69) is 10.3 Å². The number of amides is 1. The summed E-state index contributed by atoms with van der Waals surface area (Å²) < 4.78 is 31.1. The van der Waals surface area contributed by atoms with Crippen LogP contribution in [0.5, 0.6) is 0 Å². The number of carbonyl (C=O) groups excluding carboxylic acids is 1. The zero-order chi connectivity index (χ0) is 12.4. The predicted octanol–water partition coefficient (Wildman–Crippen LogP) is 1.27. The number of hydrogen-bond donors (Lipinski definition) is 1. The number of ether oxygens (including phenoxy) is 1. The second-order valence-electron chi connectivity index (χ2n) is 3.96. The molecule has 0 aliphatic heterocycles. The fraction of sp³-hybridized carbons (Fsp3) is 0.455. The SMILES string of the molecule is COC1CC(NC(=O)c2ccnc(F)c2F)C1. The molecule has 0 bridgehead atoms. The molecule has 0 aromatic carbocycles. The van der Waals surface area contributed by atoms with Gasteiger partial charge < -0.3 is 10.1 Å². The highest BCUT2D eigenvalue weighted by atomic mass is 19.2. The van der Waals surface area contributed by atoms with Gasteiger partial charge in [-0.1, -0.05) is 0 Å². The van der Waals surface area contributed by atoms with E-state index in [0.29, 0.717) is 12.8 Å². The van der Waals surface area contributed by atoms with Gasteiger partial charge in [-0.3, -0.25) is 4.79 Å². The molecule has 1 saturated carbocycles. The zero-order valence-electron chi connectivity index (χ0n) is 9.24. The Morgan fingerprint density at radius 1 is 1.53 bits per heavy atom. The van der Waals surface area contributed by atoms with Crippen LogP contribution in [0.25, 0.3) is 0 Å². The van der Waals surface area contributed by atoms with E-state index in [4.69, 9.17) is 4.74 Å². The van der Waals surface area contributed by atoms with Gasteiger partial charge in [0.1, 0.15) is 0 Å². The van der Waals surface area contributed by atoms with Crippen molar-refractivity contribution in [2.75, 3.05) is 7.11 Å². The summed E-state index contributed by atoms with van der Waals surface area (Å²) in [6.45, 7) is 0. The molecule has 1 aromatic rings. The van der Waals surface area contributed by atoms with Crippen molar-refractivity contribution in [1.29, 1.82) is 0 Å². The number of methoxy groups -OCH3 is 1. The Morgan fingerprint density at radius 3 is 2.88 bits per heavy atom. The van der Waals surface area contributed by atoms with Crippen LogP contribution in [0.4, 0.5) is 8.78 Å². The minimum atomic E-state index is -1.26. The third kappa shape index (κ3) is 2.41. The third-order valence-corrected chi connectivity index (χ3v) is 2.85. The maximum Gasteiger partial charge on any atom is 0.254 e. The molecular weight excluding hydrogens is 230 g/mol. The summed E-state index contributed by atoms with van der Waals surface area (Å²) in [7, 11) is 1.60. The summed E-state index contributed by atoms with van der Waals surface area (Å²) in [4.78, 5) is 14.7. The van der Waals surface area contributed by atoms with Crippen molar-refractivity contribution in [2.45, 2.75) is 25.0 Å². The molecule has 1 aromatic heterocycles. The Balaban J connectivity index is 1.99. The predicted molar refractivity (Wildman–Crippen MR) is 55.4 cm³/mol. The first kappa shape index (κ1) is 11.9. The number of carbonyl (C=O) groups is 1. The minimum absolute atomic E-state index is 0.0388. The Labute approximate surface area is 97.0 Å². The summed E-state index contributed by atoms with van der Waals surface area (Å²) in [5.41, 5.74) is -0.321. The molecule has 6 heteroatoms. The highest BCUT2D eigenvalue weighted by Gasteiger charge is 2.31. The van der Waals surface area contributed by atoms with Gasteiger partial charge in [-0.05, 0) is 18.9 Å². The summed E-state index contributed by atoms with van der Waals surface area (Å²) in [5.74, 6) is -3.10. The van der Waals surface area contributed by atoms with Crippen molar-refractivity contribution in [3.63, 3.8) is 0 Å². The van der Waals surface area contributed by atoms with Crippen molar-refractivity contribution in [1.82, 2.24) is 10.3 Å². The Morgan fingerprint density at radius 2 is 2.24 bits per heavy atom. The molecule has 0 spiro atoms. The summed E-state index contributed by atoms with van der Waals surface area (Å²) in [6.07, 6.45) is 2.58. The molecule has 4 nitrogen and oxygen atoms in total. The first-order valence-electron chi connectivity index (χ1n) is 5.25. The fourth-order valence-electron chi connectivity index (χ4n) is 1.73. The third-order valence-electron chi connectivity index (χ3n) is 2.85. The summed E-state index contributed by atoms with van der Waals surface area (Å²) in [6, 6.07) is 1.11. The van der Waals surface area contributed by atoms with E-state index in [0.717, 1.165) is 12.3 Å². The van der Waals surface area contributed by atoms with E-state index < -0.39 is 17.7 Å². The first-order chi connectivity index (χ1) is 8.11. The number of hydrogen-bond acceptors (Lipinski definition) is 3. The second-order valence-corrected chi connectivity index (χ2v) is 3.96. The summed E-state index contributed by atoms with van der Waals surface area (Å²) in [5, 5.41) is 2.61. The van der Waals surface area contributed by atoms with E-state index in [1.54, 1.807) is 7.11 Å². The summed E-state index contributed by atoms with van der Waals surface area (Å²) >= 11 is 0. The highest BCUT2D eigenvalue weighted by Crippen LogP contribution is 2.23. The van der Waals surface area contributed by atoms with Gasteiger partial charge in [-0.15, -0.1) is 0 Å². The largest absolute Gasteiger partial charge is 0.381 e. The monoisotopic (exact) mass is 242 g/mol. The second kappa shape index (κ2) is 4.75. The lowest BCUT2D eigenvalue weighted by molar-refractivity contribution is 0.0175. The van der Waals surface area contributed by atoms with Crippen LogP contribution in [0.15, 0.2) is 12.3 Å². The number of nitrogens with zero attached hydrogens (tertiary/aromatic N) is 1. The topological polar surface area (TPSA) is 51.2 Å². The van der Waals surface area contributed by atoms with Crippen molar-refractivity contribution in [2.24, 2.45) is 0 Å². The van der Waals surface area contributed by atoms with Gasteiger partial charge in [0.2, 0.25) is 5.95 Å². The number of aromatic nitrogens is 1. The molecule has 1 N–H and O–H groups in total. The van der Waals surface area contributed by atoms with Gasteiger partial charge in [-0.2, -0.15) is 4.39 Å². The van der Waals surface area contributed by atoms with Gasteiger partial charge in [0.15, 0.2) is 5.82 Å². The molecule has 2 rings (SSSR count). The molecular formula is C11H12F2N2O2. The molecule has 0 atom stereocenters. The van der Waals surface area contributed by atoms with Crippen molar-refractivity contribution in [3.05, 3.63) is 29.6 Å². The van der Waals surface area contributed by atoms with E-state index in [-0.39, 0.29) is 17.7 Å². The molecule has 0 unspecified atom stereocenters. The Bertz CT molecular complexity index is 433. The molecule has 17 heavy (non-hydrogen) atoms. The van der Waals surface area contributed by atoms with Crippen LogP contribution < -0.4 is 5.32 Å². The van der Waals surface area contributed by atoms with Gasteiger partial charge in [0.25, 0.3) is 5.91 Å². The van der Waals surface area contributed by atoms with Crippen LogP contribution in [-0.2, 0) is 4.74 Å². The number of rotatable bonds is 3. The maximum atomic E-state index is 13.2.